The highest BCUT2D eigenvalue weighted by Gasteiger charge is 2.05. The van der Waals surface area contributed by atoms with Gasteiger partial charge in [-0.15, -0.1) is 0 Å². The Hall–Kier alpha value is -2.43. The third-order valence-corrected chi connectivity index (χ3v) is 2.59. The predicted molar refractivity (Wildman–Crippen MR) is 71.2 cm³/mol. The summed E-state index contributed by atoms with van der Waals surface area (Å²) in [4.78, 5) is 15.8. The standard InChI is InChI=1S/C14H14FN3O/c1-10-8-11(15)5-6-13(10)18-14(19)17-9-12-4-2-3-7-16-12/h2-8H,9H2,1H3,(H2,17,18,19). The summed E-state index contributed by atoms with van der Waals surface area (Å²) in [6, 6.07) is 9.35. The first-order valence-electron chi connectivity index (χ1n) is 5.86. The summed E-state index contributed by atoms with van der Waals surface area (Å²) in [5.74, 6) is -0.322. The van der Waals surface area contributed by atoms with Crippen LogP contribution in [0.15, 0.2) is 42.6 Å². The zero-order valence-electron chi connectivity index (χ0n) is 10.5. The molecule has 2 N–H and O–H groups in total. The summed E-state index contributed by atoms with van der Waals surface area (Å²) >= 11 is 0. The van der Waals surface area contributed by atoms with Gasteiger partial charge in [0, 0.05) is 11.9 Å². The second-order valence-electron chi connectivity index (χ2n) is 4.09. The van der Waals surface area contributed by atoms with E-state index in [2.05, 4.69) is 15.6 Å². The first-order chi connectivity index (χ1) is 9.15. The molecule has 98 valence electrons. The Morgan fingerprint density at radius 2 is 2.16 bits per heavy atom. The number of nitrogens with one attached hydrogen (secondary N) is 2. The number of pyridine rings is 1. The molecule has 2 rings (SSSR count). The number of aryl methyl sites for hydroxylation is 1. The summed E-state index contributed by atoms with van der Waals surface area (Å²) < 4.78 is 12.9. The van der Waals surface area contributed by atoms with E-state index in [-0.39, 0.29) is 11.8 Å². The lowest BCUT2D eigenvalue weighted by atomic mass is 10.2. The number of aromatic nitrogens is 1. The van der Waals surface area contributed by atoms with E-state index in [1.807, 2.05) is 18.2 Å². The van der Waals surface area contributed by atoms with E-state index in [0.29, 0.717) is 17.8 Å². The molecule has 0 aliphatic carbocycles. The van der Waals surface area contributed by atoms with Crippen LogP contribution >= 0.6 is 0 Å². The van der Waals surface area contributed by atoms with Gasteiger partial charge >= 0.3 is 6.03 Å². The molecule has 0 radical (unpaired) electrons. The number of halogens is 1. The van der Waals surface area contributed by atoms with Crippen LogP contribution in [0.1, 0.15) is 11.3 Å². The van der Waals surface area contributed by atoms with Gasteiger partial charge in [0.2, 0.25) is 0 Å². The zero-order valence-corrected chi connectivity index (χ0v) is 10.5. The molecule has 0 saturated heterocycles. The van der Waals surface area contributed by atoms with Gasteiger partial charge in [0.25, 0.3) is 0 Å². The van der Waals surface area contributed by atoms with E-state index in [0.717, 1.165) is 5.69 Å². The van der Waals surface area contributed by atoms with Crippen molar-refractivity contribution < 1.29 is 9.18 Å². The number of hydrogen-bond donors (Lipinski definition) is 2. The highest BCUT2D eigenvalue weighted by atomic mass is 19.1. The van der Waals surface area contributed by atoms with Gasteiger partial charge in [-0.2, -0.15) is 0 Å². The number of carbonyl (C=O) groups excluding carboxylic acids is 1. The summed E-state index contributed by atoms with van der Waals surface area (Å²) in [6.45, 7) is 2.07. The Kier molecular flexibility index (Phi) is 4.07. The lowest BCUT2D eigenvalue weighted by Gasteiger charge is -2.09. The maximum absolute atomic E-state index is 12.9. The van der Waals surface area contributed by atoms with E-state index in [9.17, 15) is 9.18 Å². The normalized spacial score (nSPS) is 10.0. The van der Waals surface area contributed by atoms with Crippen molar-refractivity contribution >= 4 is 11.7 Å². The van der Waals surface area contributed by atoms with Crippen molar-refractivity contribution in [3.05, 3.63) is 59.7 Å². The third kappa shape index (κ3) is 3.77. The van der Waals surface area contributed by atoms with E-state index >= 15 is 0 Å². The van der Waals surface area contributed by atoms with E-state index in [4.69, 9.17) is 0 Å². The minimum Gasteiger partial charge on any atom is -0.332 e. The molecule has 19 heavy (non-hydrogen) atoms. The number of amides is 2. The lowest BCUT2D eigenvalue weighted by Crippen LogP contribution is -2.28. The summed E-state index contributed by atoms with van der Waals surface area (Å²) in [5, 5.41) is 5.35. The van der Waals surface area contributed by atoms with E-state index in [1.165, 1.54) is 18.2 Å². The number of benzene rings is 1. The van der Waals surface area contributed by atoms with Gasteiger partial charge in [0.05, 0.1) is 12.2 Å². The molecule has 0 spiro atoms. The molecule has 0 aliphatic heterocycles. The first kappa shape index (κ1) is 13.0. The molecule has 0 atom stereocenters. The van der Waals surface area contributed by atoms with Crippen LogP contribution in [0.5, 0.6) is 0 Å². The van der Waals surface area contributed by atoms with Crippen LogP contribution in [0.2, 0.25) is 0 Å². The quantitative estimate of drug-likeness (QED) is 0.890. The smallest absolute Gasteiger partial charge is 0.319 e. The average Bonchev–Trinajstić information content (AvgIpc) is 2.41. The third-order valence-electron chi connectivity index (χ3n) is 2.59. The molecule has 2 amide bonds. The van der Waals surface area contributed by atoms with Gasteiger partial charge in [-0.1, -0.05) is 6.07 Å². The highest BCUT2D eigenvalue weighted by molar-refractivity contribution is 5.89. The molecule has 4 nitrogen and oxygen atoms in total. The van der Waals surface area contributed by atoms with Crippen LogP contribution in [0.4, 0.5) is 14.9 Å². The Bertz CT molecular complexity index is 572. The van der Waals surface area contributed by atoms with Crippen molar-refractivity contribution in [3.63, 3.8) is 0 Å². The SMILES string of the molecule is Cc1cc(F)ccc1NC(=O)NCc1ccccn1. The second-order valence-corrected chi connectivity index (χ2v) is 4.09. The van der Waals surface area contributed by atoms with Crippen LogP contribution in [-0.2, 0) is 6.54 Å². The largest absolute Gasteiger partial charge is 0.332 e. The minimum absolute atomic E-state index is 0.322. The van der Waals surface area contributed by atoms with Gasteiger partial charge < -0.3 is 10.6 Å². The van der Waals surface area contributed by atoms with Gasteiger partial charge in [-0.3, -0.25) is 4.98 Å². The topological polar surface area (TPSA) is 54.0 Å². The predicted octanol–water partition coefficient (Wildman–Crippen LogP) is 2.85. The monoisotopic (exact) mass is 259 g/mol. The lowest BCUT2D eigenvalue weighted by molar-refractivity contribution is 0.251. The van der Waals surface area contributed by atoms with Crippen LogP contribution in [0.3, 0.4) is 0 Å². The molecule has 0 aliphatic rings. The molecule has 1 aromatic heterocycles. The average molecular weight is 259 g/mol. The number of urea groups is 1. The van der Waals surface area contributed by atoms with Crippen molar-refractivity contribution in [2.24, 2.45) is 0 Å². The molecule has 1 heterocycles. The fraction of sp³-hybridized carbons (Fsp3) is 0.143. The van der Waals surface area contributed by atoms with Crippen LogP contribution < -0.4 is 10.6 Å². The Morgan fingerprint density at radius 3 is 2.84 bits per heavy atom. The van der Waals surface area contributed by atoms with E-state index in [1.54, 1.807) is 13.1 Å². The highest BCUT2D eigenvalue weighted by Crippen LogP contribution is 2.15. The molecular weight excluding hydrogens is 245 g/mol. The van der Waals surface area contributed by atoms with Crippen LogP contribution in [0.25, 0.3) is 0 Å². The maximum atomic E-state index is 12.9. The Morgan fingerprint density at radius 1 is 1.32 bits per heavy atom. The molecule has 5 heteroatoms. The summed E-state index contributed by atoms with van der Waals surface area (Å²) in [5.41, 5.74) is 2.03. The van der Waals surface area contributed by atoms with Crippen LogP contribution in [0, 0.1) is 12.7 Å². The van der Waals surface area contributed by atoms with Gasteiger partial charge in [-0.05, 0) is 42.8 Å². The van der Waals surface area contributed by atoms with E-state index < -0.39 is 0 Å². The van der Waals surface area contributed by atoms with Crippen molar-refractivity contribution in [1.29, 1.82) is 0 Å². The molecule has 0 fully saturated rings. The molecule has 0 bridgehead atoms. The Balaban J connectivity index is 1.91. The summed E-state index contributed by atoms with van der Waals surface area (Å²) in [7, 11) is 0. The Labute approximate surface area is 110 Å². The van der Waals surface area contributed by atoms with Crippen molar-refractivity contribution in [2.45, 2.75) is 13.5 Å². The number of nitrogens with zero attached hydrogens (tertiary/aromatic N) is 1. The number of hydrogen-bond acceptors (Lipinski definition) is 2. The molecule has 1 aromatic carbocycles. The van der Waals surface area contributed by atoms with Crippen molar-refractivity contribution in [1.82, 2.24) is 10.3 Å². The molecule has 0 unspecified atom stereocenters. The van der Waals surface area contributed by atoms with Gasteiger partial charge in [0.15, 0.2) is 0 Å². The van der Waals surface area contributed by atoms with Crippen molar-refractivity contribution in [2.75, 3.05) is 5.32 Å². The molecule has 2 aromatic rings. The summed E-state index contributed by atoms with van der Waals surface area (Å²) in [6.07, 6.45) is 1.67. The fourth-order valence-electron chi connectivity index (χ4n) is 1.61. The first-order valence-corrected chi connectivity index (χ1v) is 5.86. The fourth-order valence-corrected chi connectivity index (χ4v) is 1.61. The van der Waals surface area contributed by atoms with Gasteiger partial charge in [0.1, 0.15) is 5.82 Å². The second kappa shape index (κ2) is 5.95. The van der Waals surface area contributed by atoms with Crippen molar-refractivity contribution in [3.8, 4) is 0 Å². The maximum Gasteiger partial charge on any atom is 0.319 e. The molecule has 0 saturated carbocycles. The number of anilines is 1. The molecular formula is C14H14FN3O. The van der Waals surface area contributed by atoms with Crippen LogP contribution in [-0.4, -0.2) is 11.0 Å². The van der Waals surface area contributed by atoms with Gasteiger partial charge in [-0.25, -0.2) is 9.18 Å². The number of carbonyl (C=O) groups is 1. The zero-order chi connectivity index (χ0) is 13.7. The minimum atomic E-state index is -0.347. The number of rotatable bonds is 3.